The minimum Gasteiger partial charge on any atom is -0.396 e. The summed E-state index contributed by atoms with van der Waals surface area (Å²) in [5.41, 5.74) is 5.41. The Bertz CT molecular complexity index is 602. The third-order valence-corrected chi connectivity index (χ3v) is 2.24. The van der Waals surface area contributed by atoms with Crippen LogP contribution in [0.5, 0.6) is 0 Å². The van der Waals surface area contributed by atoms with Crippen LogP contribution in [-0.2, 0) is 0 Å². The Kier molecular flexibility index (Phi) is 3.18. The molecule has 0 aliphatic rings. The summed E-state index contributed by atoms with van der Waals surface area (Å²) in [5.74, 6) is -2.22. The van der Waals surface area contributed by atoms with Crippen molar-refractivity contribution >= 4 is 17.4 Å². The lowest BCUT2D eigenvalue weighted by Gasteiger charge is -2.07. The van der Waals surface area contributed by atoms with E-state index in [0.29, 0.717) is 0 Å². The zero-order chi connectivity index (χ0) is 13.1. The maximum atomic E-state index is 13.3. The number of anilines is 2. The molecule has 0 saturated carbocycles. The van der Waals surface area contributed by atoms with Crippen molar-refractivity contribution in [3.8, 4) is 0 Å². The molecule has 6 heteroatoms. The molecule has 1 aromatic heterocycles. The monoisotopic (exact) mass is 249 g/mol. The van der Waals surface area contributed by atoms with Gasteiger partial charge < -0.3 is 11.1 Å². The quantitative estimate of drug-likeness (QED) is 0.857. The van der Waals surface area contributed by atoms with Crippen molar-refractivity contribution in [1.82, 2.24) is 4.98 Å². The number of aromatic nitrogens is 1. The predicted molar refractivity (Wildman–Crippen MR) is 63.0 cm³/mol. The zero-order valence-electron chi connectivity index (χ0n) is 9.15. The van der Waals surface area contributed by atoms with Gasteiger partial charge in [0, 0.05) is 6.20 Å². The molecule has 0 radical (unpaired) electrons. The molecule has 0 atom stereocenters. The highest BCUT2D eigenvalue weighted by Gasteiger charge is 2.14. The topological polar surface area (TPSA) is 68.0 Å². The summed E-state index contributed by atoms with van der Waals surface area (Å²) in [5, 5.41) is 2.31. The minimum absolute atomic E-state index is 0.103. The van der Waals surface area contributed by atoms with Crippen molar-refractivity contribution in [1.29, 1.82) is 0 Å². The van der Waals surface area contributed by atoms with Crippen LogP contribution in [0.3, 0.4) is 0 Å². The van der Waals surface area contributed by atoms with E-state index < -0.39 is 23.1 Å². The average Bonchev–Trinajstić information content (AvgIpc) is 2.35. The third-order valence-electron chi connectivity index (χ3n) is 2.24. The van der Waals surface area contributed by atoms with Gasteiger partial charge in [-0.05, 0) is 30.3 Å². The number of halogens is 2. The fourth-order valence-electron chi connectivity index (χ4n) is 1.37. The minimum atomic E-state index is -0.816. The molecular formula is C12H9F2N3O. The number of nitrogens with two attached hydrogens (primary N) is 1. The largest absolute Gasteiger partial charge is 0.396 e. The van der Waals surface area contributed by atoms with E-state index >= 15 is 0 Å². The van der Waals surface area contributed by atoms with Crippen molar-refractivity contribution in [2.75, 3.05) is 11.1 Å². The van der Waals surface area contributed by atoms with Gasteiger partial charge in [0.2, 0.25) is 0 Å². The lowest BCUT2D eigenvalue weighted by molar-refractivity contribution is 0.102. The number of rotatable bonds is 2. The van der Waals surface area contributed by atoms with Gasteiger partial charge in [0.25, 0.3) is 5.91 Å². The van der Waals surface area contributed by atoms with Gasteiger partial charge in [-0.1, -0.05) is 0 Å². The van der Waals surface area contributed by atoms with E-state index in [1.807, 2.05) is 0 Å². The summed E-state index contributed by atoms with van der Waals surface area (Å²) in [6, 6.07) is 5.75. The molecule has 0 spiro atoms. The Balaban J connectivity index is 2.28. The zero-order valence-corrected chi connectivity index (χ0v) is 9.15. The van der Waals surface area contributed by atoms with E-state index in [4.69, 9.17) is 5.73 Å². The number of nitrogens with one attached hydrogen (secondary N) is 1. The van der Waals surface area contributed by atoms with E-state index in [-0.39, 0.29) is 11.5 Å². The van der Waals surface area contributed by atoms with E-state index in [2.05, 4.69) is 10.3 Å². The maximum absolute atomic E-state index is 13.3. The molecule has 0 bridgehead atoms. The fourth-order valence-corrected chi connectivity index (χ4v) is 1.37. The van der Waals surface area contributed by atoms with E-state index in [9.17, 15) is 13.6 Å². The second kappa shape index (κ2) is 4.79. The first-order valence-electron chi connectivity index (χ1n) is 5.05. The summed E-state index contributed by atoms with van der Waals surface area (Å²) < 4.78 is 26.3. The van der Waals surface area contributed by atoms with Crippen molar-refractivity contribution in [3.63, 3.8) is 0 Å². The van der Waals surface area contributed by atoms with E-state index in [0.717, 1.165) is 18.2 Å². The SMILES string of the molecule is Nc1cccnc1NC(=O)c1cc(F)ccc1F. The van der Waals surface area contributed by atoms with Gasteiger partial charge in [0.05, 0.1) is 11.3 Å². The number of hydrogen-bond acceptors (Lipinski definition) is 3. The first-order valence-corrected chi connectivity index (χ1v) is 5.05. The standard InChI is InChI=1S/C12H9F2N3O/c13-7-3-4-9(14)8(6-7)12(18)17-11-10(15)2-1-5-16-11/h1-6H,15H2,(H,16,17,18). The van der Waals surface area contributed by atoms with Crippen LogP contribution in [0.25, 0.3) is 0 Å². The molecule has 0 aliphatic heterocycles. The van der Waals surface area contributed by atoms with Crippen molar-refractivity contribution in [2.45, 2.75) is 0 Å². The average molecular weight is 249 g/mol. The Labute approximate surface area is 101 Å². The van der Waals surface area contributed by atoms with Crippen molar-refractivity contribution < 1.29 is 13.6 Å². The van der Waals surface area contributed by atoms with Crippen LogP contribution in [0.4, 0.5) is 20.3 Å². The normalized spacial score (nSPS) is 10.1. The molecule has 1 aromatic carbocycles. The number of carbonyl (C=O) groups excluding carboxylic acids is 1. The Morgan fingerprint density at radius 1 is 1.28 bits per heavy atom. The van der Waals surface area contributed by atoms with Gasteiger partial charge in [-0.2, -0.15) is 0 Å². The highest BCUT2D eigenvalue weighted by atomic mass is 19.1. The van der Waals surface area contributed by atoms with Crippen LogP contribution in [0.2, 0.25) is 0 Å². The second-order valence-corrected chi connectivity index (χ2v) is 3.52. The number of benzene rings is 1. The van der Waals surface area contributed by atoms with E-state index in [1.165, 1.54) is 12.3 Å². The van der Waals surface area contributed by atoms with Gasteiger partial charge in [-0.3, -0.25) is 4.79 Å². The van der Waals surface area contributed by atoms with Crippen molar-refractivity contribution in [3.05, 3.63) is 53.7 Å². The van der Waals surface area contributed by atoms with Crippen LogP contribution in [0.1, 0.15) is 10.4 Å². The number of pyridine rings is 1. The molecule has 1 heterocycles. The lowest BCUT2D eigenvalue weighted by atomic mass is 10.2. The van der Waals surface area contributed by atoms with Crippen molar-refractivity contribution in [2.24, 2.45) is 0 Å². The molecule has 0 unspecified atom stereocenters. The van der Waals surface area contributed by atoms with Crippen LogP contribution in [0.15, 0.2) is 36.5 Å². The number of amides is 1. The predicted octanol–water partition coefficient (Wildman–Crippen LogP) is 2.19. The van der Waals surface area contributed by atoms with Gasteiger partial charge in [-0.25, -0.2) is 13.8 Å². The highest BCUT2D eigenvalue weighted by molar-refractivity contribution is 6.05. The van der Waals surface area contributed by atoms with Gasteiger partial charge in [-0.15, -0.1) is 0 Å². The first-order chi connectivity index (χ1) is 8.58. The third kappa shape index (κ3) is 2.42. The molecule has 0 fully saturated rings. The van der Waals surface area contributed by atoms with Crippen LogP contribution < -0.4 is 11.1 Å². The van der Waals surface area contributed by atoms with Crippen LogP contribution in [0, 0.1) is 11.6 Å². The molecule has 0 aliphatic carbocycles. The van der Waals surface area contributed by atoms with Gasteiger partial charge in [0.1, 0.15) is 11.6 Å². The molecule has 3 N–H and O–H groups in total. The van der Waals surface area contributed by atoms with Crippen LogP contribution >= 0.6 is 0 Å². The Morgan fingerprint density at radius 2 is 2.06 bits per heavy atom. The van der Waals surface area contributed by atoms with Crippen LogP contribution in [-0.4, -0.2) is 10.9 Å². The van der Waals surface area contributed by atoms with E-state index in [1.54, 1.807) is 6.07 Å². The summed E-state index contributed by atoms with van der Waals surface area (Å²) >= 11 is 0. The van der Waals surface area contributed by atoms with Gasteiger partial charge in [0.15, 0.2) is 5.82 Å². The molecule has 4 nitrogen and oxygen atoms in total. The second-order valence-electron chi connectivity index (χ2n) is 3.52. The maximum Gasteiger partial charge on any atom is 0.259 e. The summed E-state index contributed by atoms with van der Waals surface area (Å²) in [4.78, 5) is 15.5. The molecule has 2 aromatic rings. The smallest absolute Gasteiger partial charge is 0.259 e. The molecule has 1 amide bonds. The molecule has 2 rings (SSSR count). The number of nitrogens with zero attached hydrogens (tertiary/aromatic N) is 1. The Morgan fingerprint density at radius 3 is 2.78 bits per heavy atom. The molecule has 18 heavy (non-hydrogen) atoms. The van der Waals surface area contributed by atoms with Gasteiger partial charge >= 0.3 is 0 Å². The highest BCUT2D eigenvalue weighted by Crippen LogP contribution is 2.16. The number of carbonyl (C=O) groups is 1. The summed E-state index contributed by atoms with van der Waals surface area (Å²) in [6.45, 7) is 0. The fraction of sp³-hybridized carbons (Fsp3) is 0. The number of nitrogen functional groups attached to an aromatic ring is 1. The number of hydrogen-bond donors (Lipinski definition) is 2. The lowest BCUT2D eigenvalue weighted by Crippen LogP contribution is -2.16. The summed E-state index contributed by atoms with van der Waals surface area (Å²) in [6.07, 6.45) is 1.42. The molecular weight excluding hydrogens is 240 g/mol. The molecule has 0 saturated heterocycles. The summed E-state index contributed by atoms with van der Waals surface area (Å²) in [7, 11) is 0. The first kappa shape index (κ1) is 12.0. The Hall–Kier alpha value is -2.50. The molecule has 92 valence electrons.